The largest absolute Gasteiger partial charge is 0.345 e. The molecule has 0 saturated heterocycles. The quantitative estimate of drug-likeness (QED) is 0.893. The minimum absolute atomic E-state index is 0.0435. The number of amides is 1. The van der Waals surface area contributed by atoms with Gasteiger partial charge in [-0.15, -0.1) is 0 Å². The van der Waals surface area contributed by atoms with Crippen molar-refractivity contribution in [3.05, 3.63) is 70.5 Å². The van der Waals surface area contributed by atoms with Gasteiger partial charge in [0.05, 0.1) is 6.04 Å². The Morgan fingerprint density at radius 2 is 1.90 bits per heavy atom. The molecule has 2 aromatic carbocycles. The Hall–Kier alpha value is -1.87. The van der Waals surface area contributed by atoms with Gasteiger partial charge in [-0.3, -0.25) is 4.79 Å². The molecule has 0 aliphatic heterocycles. The van der Waals surface area contributed by atoms with Crippen LogP contribution in [0, 0.1) is 11.7 Å². The Morgan fingerprint density at radius 1 is 1.19 bits per heavy atom. The molecule has 1 aliphatic carbocycles. The van der Waals surface area contributed by atoms with Crippen molar-refractivity contribution in [1.82, 2.24) is 5.32 Å². The summed E-state index contributed by atoms with van der Waals surface area (Å²) in [6.07, 6.45) is 2.19. The van der Waals surface area contributed by atoms with Crippen molar-refractivity contribution in [3.8, 4) is 0 Å². The molecule has 1 aliphatic rings. The molecule has 4 heteroatoms. The first kappa shape index (κ1) is 14.1. The zero-order valence-electron chi connectivity index (χ0n) is 11.4. The van der Waals surface area contributed by atoms with Crippen LogP contribution in [0.15, 0.2) is 48.5 Å². The minimum atomic E-state index is -0.405. The second-order valence-corrected chi connectivity index (χ2v) is 5.79. The maximum atomic E-state index is 13.2. The summed E-state index contributed by atoms with van der Waals surface area (Å²) < 4.78 is 13.2. The van der Waals surface area contributed by atoms with Crippen LogP contribution in [-0.4, -0.2) is 5.91 Å². The highest BCUT2D eigenvalue weighted by atomic mass is 35.5. The van der Waals surface area contributed by atoms with Crippen molar-refractivity contribution >= 4 is 17.5 Å². The molecule has 0 spiro atoms. The van der Waals surface area contributed by atoms with Crippen molar-refractivity contribution in [2.45, 2.75) is 18.9 Å². The van der Waals surface area contributed by atoms with Crippen LogP contribution < -0.4 is 5.32 Å². The van der Waals surface area contributed by atoms with Crippen molar-refractivity contribution in [2.75, 3.05) is 0 Å². The third-order valence-electron chi connectivity index (χ3n) is 3.70. The fourth-order valence-electron chi connectivity index (χ4n) is 2.43. The van der Waals surface area contributed by atoms with E-state index in [1.54, 1.807) is 12.1 Å². The second kappa shape index (κ2) is 5.86. The number of carbonyl (C=O) groups excluding carboxylic acids is 1. The van der Waals surface area contributed by atoms with Crippen LogP contribution in [-0.2, 0) is 0 Å². The van der Waals surface area contributed by atoms with Crippen molar-refractivity contribution in [2.24, 2.45) is 5.92 Å². The number of hydrogen-bond acceptors (Lipinski definition) is 1. The van der Waals surface area contributed by atoms with Crippen LogP contribution in [0.3, 0.4) is 0 Å². The molecule has 1 atom stereocenters. The normalized spacial score (nSPS) is 15.5. The Morgan fingerprint density at radius 3 is 2.52 bits per heavy atom. The zero-order chi connectivity index (χ0) is 14.8. The average molecular weight is 304 g/mol. The van der Waals surface area contributed by atoms with Gasteiger partial charge >= 0.3 is 0 Å². The molecule has 2 nitrogen and oxygen atoms in total. The van der Waals surface area contributed by atoms with Gasteiger partial charge in [0.25, 0.3) is 5.91 Å². The van der Waals surface area contributed by atoms with Gasteiger partial charge in [0, 0.05) is 10.6 Å². The summed E-state index contributed by atoms with van der Waals surface area (Å²) >= 11 is 5.90. The third-order valence-corrected chi connectivity index (χ3v) is 3.95. The molecule has 1 fully saturated rings. The van der Waals surface area contributed by atoms with E-state index in [0.29, 0.717) is 16.5 Å². The summed E-state index contributed by atoms with van der Waals surface area (Å²) in [5.41, 5.74) is 1.38. The predicted octanol–water partition coefficient (Wildman–Crippen LogP) is 4.36. The molecule has 0 aromatic heterocycles. The van der Waals surface area contributed by atoms with Gasteiger partial charge in [0.1, 0.15) is 5.82 Å². The lowest BCUT2D eigenvalue weighted by Crippen LogP contribution is -2.29. The Balaban J connectivity index is 1.79. The highest BCUT2D eigenvalue weighted by Gasteiger charge is 2.33. The molecule has 108 valence electrons. The Labute approximate surface area is 127 Å². The summed E-state index contributed by atoms with van der Waals surface area (Å²) in [7, 11) is 0. The van der Waals surface area contributed by atoms with E-state index in [4.69, 9.17) is 11.6 Å². The number of carbonyl (C=O) groups is 1. The average Bonchev–Trinajstić information content (AvgIpc) is 3.30. The van der Waals surface area contributed by atoms with Crippen LogP contribution in [0.2, 0.25) is 5.02 Å². The van der Waals surface area contributed by atoms with Crippen LogP contribution in [0.1, 0.15) is 34.8 Å². The third kappa shape index (κ3) is 3.42. The fourth-order valence-corrected chi connectivity index (χ4v) is 2.55. The molecular formula is C17H15ClFNO. The number of halogens is 2. The second-order valence-electron chi connectivity index (χ2n) is 5.35. The molecule has 0 radical (unpaired) electrons. The summed E-state index contributed by atoms with van der Waals surface area (Å²) in [5.74, 6) is -0.206. The molecule has 1 N–H and O–H groups in total. The van der Waals surface area contributed by atoms with Crippen LogP contribution in [0.5, 0.6) is 0 Å². The summed E-state index contributed by atoms with van der Waals surface area (Å²) in [4.78, 5) is 12.3. The lowest BCUT2D eigenvalue weighted by Gasteiger charge is -2.19. The Bertz CT molecular complexity index is 652. The summed E-state index contributed by atoms with van der Waals surface area (Å²) in [6.45, 7) is 0. The highest BCUT2D eigenvalue weighted by Crippen LogP contribution is 2.41. The van der Waals surface area contributed by atoms with Gasteiger partial charge in [-0.1, -0.05) is 29.8 Å². The molecule has 21 heavy (non-hydrogen) atoms. The molecule has 3 rings (SSSR count). The molecule has 1 saturated carbocycles. The van der Waals surface area contributed by atoms with E-state index in [2.05, 4.69) is 5.32 Å². The number of hydrogen-bond donors (Lipinski definition) is 1. The highest BCUT2D eigenvalue weighted by molar-refractivity contribution is 6.30. The first-order chi connectivity index (χ1) is 10.1. The molecular weight excluding hydrogens is 289 g/mol. The Kier molecular flexibility index (Phi) is 3.93. The molecule has 2 aromatic rings. The summed E-state index contributed by atoms with van der Waals surface area (Å²) in [6, 6.07) is 13.2. The fraction of sp³-hybridized carbons (Fsp3) is 0.235. The molecule has 0 unspecified atom stereocenters. The summed E-state index contributed by atoms with van der Waals surface area (Å²) in [5, 5.41) is 3.68. The van der Waals surface area contributed by atoms with Crippen molar-refractivity contribution in [1.29, 1.82) is 0 Å². The molecule has 0 heterocycles. The van der Waals surface area contributed by atoms with E-state index in [-0.39, 0.29) is 11.9 Å². The first-order valence-electron chi connectivity index (χ1n) is 6.95. The molecule has 1 amide bonds. The lowest BCUT2D eigenvalue weighted by molar-refractivity contribution is 0.0931. The van der Waals surface area contributed by atoms with E-state index in [1.165, 1.54) is 12.1 Å². The first-order valence-corrected chi connectivity index (χ1v) is 7.33. The maximum Gasteiger partial charge on any atom is 0.251 e. The maximum absolute atomic E-state index is 13.2. The SMILES string of the molecule is O=C(N[C@H](c1ccc(Cl)cc1)C1CC1)c1cccc(F)c1. The van der Waals surface area contributed by atoms with Crippen molar-refractivity contribution < 1.29 is 9.18 Å². The van der Waals surface area contributed by atoms with Crippen LogP contribution >= 0.6 is 11.6 Å². The molecule has 0 bridgehead atoms. The van der Waals surface area contributed by atoms with Gasteiger partial charge in [-0.2, -0.15) is 0 Å². The van der Waals surface area contributed by atoms with Gasteiger partial charge in [0.15, 0.2) is 0 Å². The predicted molar refractivity (Wildman–Crippen MR) is 80.8 cm³/mol. The van der Waals surface area contributed by atoms with Crippen LogP contribution in [0.4, 0.5) is 4.39 Å². The lowest BCUT2D eigenvalue weighted by atomic mass is 10.0. The van der Waals surface area contributed by atoms with Gasteiger partial charge < -0.3 is 5.32 Å². The standard InChI is InChI=1S/C17H15ClFNO/c18-14-8-6-12(7-9-14)16(11-4-5-11)20-17(21)13-2-1-3-15(19)10-13/h1-3,6-11,16H,4-5H2,(H,20,21)/t16-/m0/s1. The monoisotopic (exact) mass is 303 g/mol. The van der Waals surface area contributed by atoms with E-state index in [9.17, 15) is 9.18 Å². The topological polar surface area (TPSA) is 29.1 Å². The van der Waals surface area contributed by atoms with E-state index in [0.717, 1.165) is 18.4 Å². The smallest absolute Gasteiger partial charge is 0.251 e. The minimum Gasteiger partial charge on any atom is -0.345 e. The zero-order valence-corrected chi connectivity index (χ0v) is 12.1. The van der Waals surface area contributed by atoms with Gasteiger partial charge in [0.2, 0.25) is 0 Å². The number of rotatable bonds is 4. The number of benzene rings is 2. The number of nitrogens with one attached hydrogen (secondary N) is 1. The van der Waals surface area contributed by atoms with E-state index in [1.807, 2.05) is 24.3 Å². The van der Waals surface area contributed by atoms with Gasteiger partial charge in [-0.25, -0.2) is 4.39 Å². The van der Waals surface area contributed by atoms with E-state index < -0.39 is 5.82 Å². The van der Waals surface area contributed by atoms with E-state index >= 15 is 0 Å². The van der Waals surface area contributed by atoms with Crippen LogP contribution in [0.25, 0.3) is 0 Å². The van der Waals surface area contributed by atoms with Gasteiger partial charge in [-0.05, 0) is 54.7 Å². The van der Waals surface area contributed by atoms with Crippen molar-refractivity contribution in [3.63, 3.8) is 0 Å².